The molecule has 0 radical (unpaired) electrons. The number of hydrogen-bond acceptors (Lipinski definition) is 3. The van der Waals surface area contributed by atoms with Gasteiger partial charge in [0.1, 0.15) is 12.1 Å². The van der Waals surface area contributed by atoms with E-state index in [0.717, 1.165) is 28.9 Å². The molecule has 1 aromatic carbocycles. The topological polar surface area (TPSA) is 78.5 Å². The number of nitrogens with zero attached hydrogens (tertiary/aromatic N) is 1. The molecule has 1 aromatic rings. The molecule has 0 bridgehead atoms. The van der Waals surface area contributed by atoms with Crippen LogP contribution in [0.1, 0.15) is 36.8 Å². The Morgan fingerprint density at radius 1 is 1.26 bits per heavy atom. The monoisotopic (exact) mass is 315 g/mol. The van der Waals surface area contributed by atoms with E-state index in [0.29, 0.717) is 18.5 Å². The fraction of sp³-hybridized carbons (Fsp3) is 0.471. The number of carbonyl (C=O) groups is 3. The lowest BCUT2D eigenvalue weighted by atomic mass is 9.98. The standard InChI is InChI=1S/C17H21N3O3/c1-11-6-5-7-13(12(11)2)18-14(21)10-20-15(22)17(19-16(20)23)8-3-4-9-17/h5-7H,3-4,8-10H2,1-2H3,(H,18,21)(H,19,23). The molecule has 0 unspecified atom stereocenters. The van der Waals surface area contributed by atoms with Crippen LogP contribution in [-0.4, -0.2) is 34.8 Å². The van der Waals surface area contributed by atoms with Crippen molar-refractivity contribution in [2.75, 3.05) is 11.9 Å². The molecule has 1 aliphatic carbocycles. The first-order valence-electron chi connectivity index (χ1n) is 7.93. The average Bonchev–Trinajstić information content (AvgIpc) is 3.06. The predicted octanol–water partition coefficient (Wildman–Crippen LogP) is 2.11. The summed E-state index contributed by atoms with van der Waals surface area (Å²) in [4.78, 5) is 37.9. The third-order valence-corrected chi connectivity index (χ3v) is 4.88. The zero-order chi connectivity index (χ0) is 16.6. The van der Waals surface area contributed by atoms with Gasteiger partial charge in [0.05, 0.1) is 0 Å². The third-order valence-electron chi connectivity index (χ3n) is 4.88. The summed E-state index contributed by atoms with van der Waals surface area (Å²) < 4.78 is 0. The zero-order valence-electron chi connectivity index (χ0n) is 13.4. The maximum atomic E-state index is 12.5. The smallest absolute Gasteiger partial charge is 0.324 e. The number of amides is 4. The maximum Gasteiger partial charge on any atom is 0.325 e. The number of carbonyl (C=O) groups excluding carboxylic acids is 3. The third kappa shape index (κ3) is 2.69. The van der Waals surface area contributed by atoms with Gasteiger partial charge in [0.15, 0.2) is 0 Å². The van der Waals surface area contributed by atoms with E-state index in [2.05, 4.69) is 10.6 Å². The first-order valence-corrected chi connectivity index (χ1v) is 7.93. The first kappa shape index (κ1) is 15.5. The second kappa shape index (κ2) is 5.68. The minimum absolute atomic E-state index is 0.250. The van der Waals surface area contributed by atoms with Crippen LogP contribution in [0.2, 0.25) is 0 Å². The number of nitrogens with one attached hydrogen (secondary N) is 2. The molecule has 0 aromatic heterocycles. The molecule has 2 aliphatic rings. The molecule has 122 valence electrons. The van der Waals surface area contributed by atoms with Gasteiger partial charge in [-0.1, -0.05) is 25.0 Å². The Kier molecular flexibility index (Phi) is 3.83. The average molecular weight is 315 g/mol. The van der Waals surface area contributed by atoms with E-state index in [9.17, 15) is 14.4 Å². The van der Waals surface area contributed by atoms with Crippen LogP contribution < -0.4 is 10.6 Å². The molecule has 1 aliphatic heterocycles. The quantitative estimate of drug-likeness (QED) is 0.839. The number of anilines is 1. The van der Waals surface area contributed by atoms with E-state index >= 15 is 0 Å². The van der Waals surface area contributed by atoms with Gasteiger partial charge in [0.2, 0.25) is 5.91 Å². The van der Waals surface area contributed by atoms with Gasteiger partial charge < -0.3 is 10.6 Å². The SMILES string of the molecule is Cc1cccc(NC(=O)CN2C(=O)NC3(CCCC3)C2=O)c1C. The van der Waals surface area contributed by atoms with Crippen molar-refractivity contribution in [3.8, 4) is 0 Å². The van der Waals surface area contributed by atoms with Crippen molar-refractivity contribution in [3.05, 3.63) is 29.3 Å². The molecule has 1 saturated heterocycles. The molecular formula is C17H21N3O3. The van der Waals surface area contributed by atoms with Crippen molar-refractivity contribution >= 4 is 23.5 Å². The van der Waals surface area contributed by atoms with Gasteiger partial charge in [-0.15, -0.1) is 0 Å². The molecule has 2 N–H and O–H groups in total. The molecular weight excluding hydrogens is 294 g/mol. The van der Waals surface area contributed by atoms with Gasteiger partial charge in [-0.3, -0.25) is 14.5 Å². The summed E-state index contributed by atoms with van der Waals surface area (Å²) in [6.45, 7) is 3.64. The predicted molar refractivity (Wildman–Crippen MR) is 86.0 cm³/mol. The van der Waals surface area contributed by atoms with Crippen molar-refractivity contribution in [3.63, 3.8) is 0 Å². The van der Waals surface area contributed by atoms with E-state index in [1.807, 2.05) is 32.0 Å². The Balaban J connectivity index is 1.69. The summed E-state index contributed by atoms with van der Waals surface area (Å²) in [6.07, 6.45) is 3.17. The van der Waals surface area contributed by atoms with Gasteiger partial charge in [-0.05, 0) is 43.9 Å². The van der Waals surface area contributed by atoms with E-state index in [1.165, 1.54) is 0 Å². The number of rotatable bonds is 3. The van der Waals surface area contributed by atoms with Crippen LogP contribution in [0.5, 0.6) is 0 Å². The second-order valence-electron chi connectivity index (χ2n) is 6.41. The van der Waals surface area contributed by atoms with Gasteiger partial charge in [0, 0.05) is 5.69 Å². The first-order chi connectivity index (χ1) is 10.9. The van der Waals surface area contributed by atoms with Gasteiger partial charge in [-0.2, -0.15) is 0 Å². The van der Waals surface area contributed by atoms with Gasteiger partial charge in [0.25, 0.3) is 5.91 Å². The minimum Gasteiger partial charge on any atom is -0.324 e. The molecule has 23 heavy (non-hydrogen) atoms. The second-order valence-corrected chi connectivity index (χ2v) is 6.41. The van der Waals surface area contributed by atoms with Crippen LogP contribution in [0.15, 0.2) is 18.2 Å². The lowest BCUT2D eigenvalue weighted by Crippen LogP contribution is -2.44. The molecule has 6 heteroatoms. The van der Waals surface area contributed by atoms with Crippen molar-refractivity contribution in [2.24, 2.45) is 0 Å². The summed E-state index contributed by atoms with van der Waals surface area (Å²) in [5, 5.41) is 5.56. The Hall–Kier alpha value is -2.37. The van der Waals surface area contributed by atoms with Crippen molar-refractivity contribution in [2.45, 2.75) is 45.1 Å². The molecule has 1 spiro atoms. The van der Waals surface area contributed by atoms with Crippen molar-refractivity contribution in [1.82, 2.24) is 10.2 Å². The summed E-state index contributed by atoms with van der Waals surface area (Å²) in [5.41, 5.74) is 1.99. The number of hydrogen-bond donors (Lipinski definition) is 2. The Labute approximate surface area is 135 Å². The lowest BCUT2D eigenvalue weighted by Gasteiger charge is -2.20. The van der Waals surface area contributed by atoms with E-state index < -0.39 is 11.6 Å². The number of aryl methyl sites for hydroxylation is 1. The number of benzene rings is 1. The van der Waals surface area contributed by atoms with Crippen LogP contribution in [0.4, 0.5) is 10.5 Å². The number of imide groups is 1. The summed E-state index contributed by atoms with van der Waals surface area (Å²) in [7, 11) is 0. The Morgan fingerprint density at radius 2 is 1.96 bits per heavy atom. The van der Waals surface area contributed by atoms with E-state index in [-0.39, 0.29) is 18.4 Å². The summed E-state index contributed by atoms with van der Waals surface area (Å²) in [6, 6.07) is 5.17. The highest BCUT2D eigenvalue weighted by molar-refractivity contribution is 6.10. The van der Waals surface area contributed by atoms with Crippen LogP contribution in [0, 0.1) is 13.8 Å². The molecule has 6 nitrogen and oxygen atoms in total. The number of urea groups is 1. The molecule has 2 fully saturated rings. The normalized spacial score (nSPS) is 19.3. The van der Waals surface area contributed by atoms with Gasteiger partial charge >= 0.3 is 6.03 Å². The van der Waals surface area contributed by atoms with E-state index in [4.69, 9.17) is 0 Å². The van der Waals surface area contributed by atoms with Crippen LogP contribution in [-0.2, 0) is 9.59 Å². The molecule has 0 atom stereocenters. The Morgan fingerprint density at radius 3 is 2.65 bits per heavy atom. The zero-order valence-corrected chi connectivity index (χ0v) is 13.4. The highest BCUT2D eigenvalue weighted by Gasteiger charge is 2.52. The fourth-order valence-electron chi connectivity index (χ4n) is 3.36. The highest BCUT2D eigenvalue weighted by Crippen LogP contribution is 2.34. The lowest BCUT2D eigenvalue weighted by molar-refractivity contribution is -0.133. The molecule has 3 rings (SSSR count). The highest BCUT2D eigenvalue weighted by atomic mass is 16.2. The van der Waals surface area contributed by atoms with Crippen LogP contribution in [0.25, 0.3) is 0 Å². The largest absolute Gasteiger partial charge is 0.325 e. The summed E-state index contributed by atoms with van der Waals surface area (Å²) in [5.74, 6) is -0.631. The molecule has 1 heterocycles. The van der Waals surface area contributed by atoms with E-state index in [1.54, 1.807) is 0 Å². The maximum absolute atomic E-state index is 12.5. The van der Waals surface area contributed by atoms with Crippen LogP contribution in [0.3, 0.4) is 0 Å². The fourth-order valence-corrected chi connectivity index (χ4v) is 3.36. The minimum atomic E-state index is -0.767. The van der Waals surface area contributed by atoms with Crippen molar-refractivity contribution in [1.29, 1.82) is 0 Å². The Bertz CT molecular complexity index is 678. The summed E-state index contributed by atoms with van der Waals surface area (Å²) >= 11 is 0. The molecule has 4 amide bonds. The van der Waals surface area contributed by atoms with Crippen LogP contribution >= 0.6 is 0 Å². The van der Waals surface area contributed by atoms with Crippen molar-refractivity contribution < 1.29 is 14.4 Å². The van der Waals surface area contributed by atoms with Gasteiger partial charge in [-0.25, -0.2) is 4.79 Å². The molecule has 1 saturated carbocycles.